The van der Waals surface area contributed by atoms with E-state index in [1.807, 2.05) is 31.2 Å². The lowest BCUT2D eigenvalue weighted by Crippen LogP contribution is -2.26. The van der Waals surface area contributed by atoms with Gasteiger partial charge < -0.3 is 10.6 Å². The van der Waals surface area contributed by atoms with Crippen LogP contribution in [-0.2, 0) is 17.6 Å². The molecule has 0 saturated heterocycles. The molecule has 0 bridgehead atoms. The average Bonchev–Trinajstić information content (AvgIpc) is 2.97. The highest BCUT2D eigenvalue weighted by Crippen LogP contribution is 2.32. The fourth-order valence-corrected chi connectivity index (χ4v) is 4.37. The molecule has 25 heavy (non-hydrogen) atoms. The molecule has 2 aromatic rings. The van der Waals surface area contributed by atoms with Crippen molar-refractivity contribution in [2.45, 2.75) is 46.1 Å². The van der Waals surface area contributed by atoms with E-state index in [2.05, 4.69) is 23.6 Å². The Morgan fingerprint density at radius 2 is 2.08 bits per heavy atom. The lowest BCUT2D eigenvalue weighted by Gasteiger charge is -2.16. The number of thiophene rings is 1. The molecule has 0 saturated carbocycles. The van der Waals surface area contributed by atoms with Crippen molar-refractivity contribution in [1.29, 1.82) is 0 Å². The molecule has 1 aliphatic carbocycles. The molecule has 1 aliphatic rings. The maximum atomic E-state index is 12.6. The van der Waals surface area contributed by atoms with Crippen LogP contribution in [0.3, 0.4) is 0 Å². The first kappa shape index (κ1) is 17.7. The normalized spacial score (nSPS) is 17.5. The lowest BCUT2D eigenvalue weighted by molar-refractivity contribution is -0.114. The minimum atomic E-state index is -0.126. The second-order valence-corrected chi connectivity index (χ2v) is 8.05. The number of amides is 2. The van der Waals surface area contributed by atoms with Crippen molar-refractivity contribution in [3.8, 4) is 0 Å². The maximum Gasteiger partial charge on any atom is 0.261 e. The van der Waals surface area contributed by atoms with Gasteiger partial charge in [-0.25, -0.2) is 0 Å². The van der Waals surface area contributed by atoms with Crippen LogP contribution in [0.4, 0.5) is 5.69 Å². The Bertz CT molecular complexity index is 797. The zero-order valence-electron chi connectivity index (χ0n) is 14.9. The van der Waals surface area contributed by atoms with E-state index in [1.54, 1.807) is 11.3 Å². The predicted octanol–water partition coefficient (Wildman–Crippen LogP) is 4.32. The van der Waals surface area contributed by atoms with Crippen LogP contribution in [0.1, 0.15) is 58.9 Å². The van der Waals surface area contributed by atoms with Gasteiger partial charge in [-0.05, 0) is 61.4 Å². The van der Waals surface area contributed by atoms with Crippen LogP contribution < -0.4 is 10.6 Å². The average molecular weight is 356 g/mol. The van der Waals surface area contributed by atoms with Gasteiger partial charge in [0.1, 0.15) is 0 Å². The molecule has 0 fully saturated rings. The maximum absolute atomic E-state index is 12.6. The molecule has 1 aromatic carbocycles. The SMILES string of the molecule is CC(=O)Nc1cccc([C@@H](C)NC(=O)c2cc3c(s2)CC[C@@H](C)C3)c1. The van der Waals surface area contributed by atoms with Gasteiger partial charge in [0.05, 0.1) is 10.9 Å². The van der Waals surface area contributed by atoms with Crippen LogP contribution in [-0.4, -0.2) is 11.8 Å². The van der Waals surface area contributed by atoms with E-state index in [1.165, 1.54) is 23.8 Å². The van der Waals surface area contributed by atoms with Crippen LogP contribution in [0, 0.1) is 5.92 Å². The second-order valence-electron chi connectivity index (χ2n) is 6.91. The first-order chi connectivity index (χ1) is 11.9. The van der Waals surface area contributed by atoms with E-state index >= 15 is 0 Å². The van der Waals surface area contributed by atoms with Crippen molar-refractivity contribution >= 4 is 28.8 Å². The Kier molecular flexibility index (Phi) is 5.23. The molecule has 2 N–H and O–H groups in total. The Morgan fingerprint density at radius 1 is 1.28 bits per heavy atom. The number of carbonyl (C=O) groups is 2. The number of hydrogen-bond donors (Lipinski definition) is 2. The van der Waals surface area contributed by atoms with Crippen molar-refractivity contribution in [1.82, 2.24) is 5.32 Å². The summed E-state index contributed by atoms with van der Waals surface area (Å²) in [6.07, 6.45) is 3.37. The highest BCUT2D eigenvalue weighted by Gasteiger charge is 2.21. The van der Waals surface area contributed by atoms with Crippen LogP contribution in [0.25, 0.3) is 0 Å². The van der Waals surface area contributed by atoms with E-state index in [9.17, 15) is 9.59 Å². The number of nitrogens with one attached hydrogen (secondary N) is 2. The Morgan fingerprint density at radius 3 is 2.84 bits per heavy atom. The van der Waals surface area contributed by atoms with Crippen molar-refractivity contribution in [3.05, 3.63) is 51.2 Å². The van der Waals surface area contributed by atoms with Gasteiger partial charge in [0.15, 0.2) is 0 Å². The largest absolute Gasteiger partial charge is 0.345 e. The monoisotopic (exact) mass is 356 g/mol. The standard InChI is InChI=1S/C20H24N2O2S/c1-12-7-8-18-16(9-12)11-19(25-18)20(24)21-13(2)15-5-4-6-17(10-15)22-14(3)23/h4-6,10-13H,7-9H2,1-3H3,(H,21,24)(H,22,23)/t12-,13-/m1/s1. The topological polar surface area (TPSA) is 58.2 Å². The molecular formula is C20H24N2O2S. The number of anilines is 1. The van der Waals surface area contributed by atoms with E-state index in [0.717, 1.165) is 29.0 Å². The molecule has 2 amide bonds. The lowest BCUT2D eigenvalue weighted by atomic mass is 9.90. The fraction of sp³-hybridized carbons (Fsp3) is 0.400. The van der Waals surface area contributed by atoms with Crippen molar-refractivity contribution in [3.63, 3.8) is 0 Å². The molecule has 2 atom stereocenters. The third-order valence-electron chi connectivity index (χ3n) is 4.61. The Hall–Kier alpha value is -2.14. The van der Waals surface area contributed by atoms with E-state index in [4.69, 9.17) is 0 Å². The van der Waals surface area contributed by atoms with Crippen molar-refractivity contribution in [2.75, 3.05) is 5.32 Å². The Labute approximate surface area is 152 Å². The quantitative estimate of drug-likeness (QED) is 0.857. The molecule has 1 heterocycles. The Balaban J connectivity index is 1.69. The highest BCUT2D eigenvalue weighted by atomic mass is 32.1. The molecule has 0 radical (unpaired) electrons. The number of aryl methyl sites for hydroxylation is 1. The van der Waals surface area contributed by atoms with Crippen LogP contribution in [0.5, 0.6) is 0 Å². The number of rotatable bonds is 4. The van der Waals surface area contributed by atoms with E-state index in [0.29, 0.717) is 5.92 Å². The van der Waals surface area contributed by atoms with Gasteiger partial charge in [0.2, 0.25) is 5.91 Å². The van der Waals surface area contributed by atoms with Gasteiger partial charge in [-0.3, -0.25) is 9.59 Å². The molecular weight excluding hydrogens is 332 g/mol. The van der Waals surface area contributed by atoms with Gasteiger partial charge in [0.25, 0.3) is 5.91 Å². The molecule has 1 aromatic heterocycles. The summed E-state index contributed by atoms with van der Waals surface area (Å²) >= 11 is 1.63. The minimum absolute atomic E-state index is 0.0236. The van der Waals surface area contributed by atoms with Crippen LogP contribution in [0.2, 0.25) is 0 Å². The molecule has 3 rings (SSSR count). The van der Waals surface area contributed by atoms with Crippen LogP contribution in [0.15, 0.2) is 30.3 Å². The summed E-state index contributed by atoms with van der Waals surface area (Å²) in [6, 6.07) is 9.51. The highest BCUT2D eigenvalue weighted by molar-refractivity contribution is 7.14. The molecule has 4 nitrogen and oxygen atoms in total. The number of fused-ring (bicyclic) bond motifs is 1. The number of carbonyl (C=O) groups excluding carboxylic acids is 2. The van der Waals surface area contributed by atoms with Crippen LogP contribution >= 0.6 is 11.3 Å². The second kappa shape index (κ2) is 7.40. The first-order valence-electron chi connectivity index (χ1n) is 8.72. The fourth-order valence-electron chi connectivity index (χ4n) is 3.26. The van der Waals surface area contributed by atoms with Crippen molar-refractivity contribution in [2.24, 2.45) is 5.92 Å². The smallest absolute Gasteiger partial charge is 0.261 e. The van der Waals surface area contributed by atoms with Gasteiger partial charge >= 0.3 is 0 Å². The predicted molar refractivity (Wildman–Crippen MR) is 102 cm³/mol. The molecule has 0 aliphatic heterocycles. The third-order valence-corrected chi connectivity index (χ3v) is 5.84. The third kappa shape index (κ3) is 4.28. The van der Waals surface area contributed by atoms with Gasteiger partial charge in [-0.15, -0.1) is 11.3 Å². The summed E-state index contributed by atoms with van der Waals surface area (Å²) in [5.74, 6) is 0.574. The number of hydrogen-bond acceptors (Lipinski definition) is 3. The minimum Gasteiger partial charge on any atom is -0.345 e. The number of benzene rings is 1. The van der Waals surface area contributed by atoms with E-state index in [-0.39, 0.29) is 17.9 Å². The molecule has 0 spiro atoms. The summed E-state index contributed by atoms with van der Waals surface area (Å²) in [5, 5.41) is 5.84. The summed E-state index contributed by atoms with van der Waals surface area (Å²) in [6.45, 7) is 5.71. The zero-order chi connectivity index (χ0) is 18.0. The first-order valence-corrected chi connectivity index (χ1v) is 9.54. The zero-order valence-corrected chi connectivity index (χ0v) is 15.7. The summed E-state index contributed by atoms with van der Waals surface area (Å²) < 4.78 is 0. The van der Waals surface area contributed by atoms with E-state index < -0.39 is 0 Å². The molecule has 132 valence electrons. The van der Waals surface area contributed by atoms with Gasteiger partial charge in [0, 0.05) is 17.5 Å². The van der Waals surface area contributed by atoms with Crippen molar-refractivity contribution < 1.29 is 9.59 Å². The summed E-state index contributed by atoms with van der Waals surface area (Å²) in [7, 11) is 0. The van der Waals surface area contributed by atoms with Gasteiger partial charge in [-0.2, -0.15) is 0 Å². The summed E-state index contributed by atoms with van der Waals surface area (Å²) in [5.41, 5.74) is 3.05. The summed E-state index contributed by atoms with van der Waals surface area (Å²) in [4.78, 5) is 26.0. The molecule has 5 heteroatoms. The molecule has 0 unspecified atom stereocenters. The van der Waals surface area contributed by atoms with Gasteiger partial charge in [-0.1, -0.05) is 19.1 Å².